The first-order valence-corrected chi connectivity index (χ1v) is 17.3. The third kappa shape index (κ3) is 9.58. The maximum absolute atomic E-state index is 12.3. The van der Waals surface area contributed by atoms with Crippen molar-refractivity contribution in [1.82, 2.24) is 0 Å². The maximum atomic E-state index is 12.3. The van der Waals surface area contributed by atoms with Crippen LogP contribution in [0.1, 0.15) is 72.6 Å². The van der Waals surface area contributed by atoms with Gasteiger partial charge in [-0.25, -0.2) is 0 Å². The van der Waals surface area contributed by atoms with Crippen molar-refractivity contribution in [1.29, 1.82) is 0 Å². The number of carbonyl (C=O) groups excluding carboxylic acids is 1. The summed E-state index contributed by atoms with van der Waals surface area (Å²) < 4.78 is 11.9. The van der Waals surface area contributed by atoms with Crippen molar-refractivity contribution in [3.05, 3.63) is 22.3 Å². The molecule has 3 heteroatoms. The van der Waals surface area contributed by atoms with E-state index in [1.165, 1.54) is 51.8 Å². The van der Waals surface area contributed by atoms with Gasteiger partial charge in [0.15, 0.2) is 0 Å². The molecule has 0 bridgehead atoms. The van der Waals surface area contributed by atoms with Crippen LogP contribution in [0.25, 0.3) is 0 Å². The zero-order valence-electron chi connectivity index (χ0n) is 16.0. The van der Waals surface area contributed by atoms with Gasteiger partial charge < -0.3 is 0 Å². The number of rotatable bonds is 14. The summed E-state index contributed by atoms with van der Waals surface area (Å²) in [5.41, 5.74) is 0.890. The Hall–Kier alpha value is -0.251. The van der Waals surface area contributed by atoms with Gasteiger partial charge >= 0.3 is 149 Å². The molecule has 0 heterocycles. The summed E-state index contributed by atoms with van der Waals surface area (Å²) in [6.07, 6.45) is 10.2. The van der Waals surface area contributed by atoms with E-state index in [1.54, 1.807) is 0 Å². The van der Waals surface area contributed by atoms with E-state index < -0.39 is 18.4 Å². The molecule has 0 N–H and O–H groups in total. The van der Waals surface area contributed by atoms with E-state index in [2.05, 4.69) is 31.4 Å². The number of unbranched alkanes of at least 4 members (excludes halogenated alkanes) is 3. The van der Waals surface area contributed by atoms with Crippen molar-refractivity contribution in [2.24, 2.45) is 0 Å². The summed E-state index contributed by atoms with van der Waals surface area (Å²) in [6, 6.07) is 0. The van der Waals surface area contributed by atoms with Crippen molar-refractivity contribution in [3.8, 4) is 0 Å². The van der Waals surface area contributed by atoms with Gasteiger partial charge in [-0.1, -0.05) is 0 Å². The molecule has 0 aromatic heterocycles. The fraction of sp³-hybridized carbons (Fsp3) is 0.750. The number of hydrogen-bond acceptors (Lipinski definition) is 2. The molecule has 0 fully saturated rings. The number of carbonyl (C=O) groups is 1. The molecule has 0 aliphatic rings. The van der Waals surface area contributed by atoms with E-state index in [4.69, 9.17) is 4.74 Å². The second kappa shape index (κ2) is 14.1. The van der Waals surface area contributed by atoms with Gasteiger partial charge in [-0.3, -0.25) is 0 Å². The molecule has 134 valence electrons. The second-order valence-corrected chi connectivity index (χ2v) is 19.4. The van der Waals surface area contributed by atoms with E-state index >= 15 is 0 Å². The number of ether oxygens (including phenoxy) is 1. The van der Waals surface area contributed by atoms with E-state index in [0.717, 1.165) is 5.57 Å². The van der Waals surface area contributed by atoms with Gasteiger partial charge in [-0.05, 0) is 0 Å². The van der Waals surface area contributed by atoms with Crippen LogP contribution in [0.2, 0.25) is 13.3 Å². The number of allylic oxidation sites excluding steroid dienone is 1. The molecule has 0 radical (unpaired) electrons. The Balaban J connectivity index is 5.53. The van der Waals surface area contributed by atoms with Gasteiger partial charge in [0.25, 0.3) is 0 Å². The third-order valence-corrected chi connectivity index (χ3v) is 18.8. The summed E-state index contributed by atoms with van der Waals surface area (Å²) in [4.78, 5) is 12.3. The van der Waals surface area contributed by atoms with E-state index in [-0.39, 0.29) is 5.97 Å². The molecule has 0 aromatic rings. The summed E-state index contributed by atoms with van der Waals surface area (Å²) in [7, 11) is 0. The van der Waals surface area contributed by atoms with Crippen molar-refractivity contribution in [2.75, 3.05) is 6.61 Å². The van der Waals surface area contributed by atoms with Gasteiger partial charge in [-0.15, -0.1) is 0 Å². The van der Waals surface area contributed by atoms with E-state index in [9.17, 15) is 4.79 Å². The Kier molecular flexibility index (Phi) is 14.0. The quantitative estimate of drug-likeness (QED) is 0.138. The first-order chi connectivity index (χ1) is 11.1. The van der Waals surface area contributed by atoms with Crippen LogP contribution in [0.4, 0.5) is 0 Å². The molecule has 0 saturated carbocycles. The first-order valence-electron chi connectivity index (χ1n) is 9.58. The zero-order chi connectivity index (χ0) is 17.6. The predicted octanol–water partition coefficient (Wildman–Crippen LogP) is 6.44. The summed E-state index contributed by atoms with van der Waals surface area (Å²) in [5, 5.41) is 0. The van der Waals surface area contributed by atoms with Crippen LogP contribution >= 0.6 is 0 Å². The summed E-state index contributed by atoms with van der Waals surface area (Å²) in [5.74, 6) is -0.113. The molecule has 0 unspecified atom stereocenters. The van der Waals surface area contributed by atoms with Gasteiger partial charge in [-0.2, -0.15) is 0 Å². The fourth-order valence-corrected chi connectivity index (χ4v) is 18.3. The van der Waals surface area contributed by atoms with Gasteiger partial charge in [0.05, 0.1) is 0 Å². The minimum atomic E-state index is -2.44. The molecule has 0 amide bonds. The van der Waals surface area contributed by atoms with Crippen LogP contribution in [0.15, 0.2) is 22.3 Å². The zero-order valence-corrected chi connectivity index (χ0v) is 18.8. The molecular weight excluding hydrogens is 391 g/mol. The van der Waals surface area contributed by atoms with Crippen molar-refractivity contribution in [3.63, 3.8) is 0 Å². The van der Waals surface area contributed by atoms with Gasteiger partial charge in [0.1, 0.15) is 0 Å². The second-order valence-electron chi connectivity index (χ2n) is 6.56. The molecule has 23 heavy (non-hydrogen) atoms. The molecule has 0 saturated heterocycles. The van der Waals surface area contributed by atoms with Crippen molar-refractivity contribution in [2.45, 2.75) is 86.0 Å². The van der Waals surface area contributed by atoms with E-state index in [0.29, 0.717) is 13.0 Å². The van der Waals surface area contributed by atoms with E-state index in [1.807, 2.05) is 13.0 Å². The van der Waals surface area contributed by atoms with Crippen LogP contribution in [-0.2, 0) is 9.53 Å². The van der Waals surface area contributed by atoms with Crippen LogP contribution in [0.3, 0.4) is 0 Å². The fourth-order valence-electron chi connectivity index (χ4n) is 3.13. The molecular formula is C20H38O2Sn. The first kappa shape index (κ1) is 22.7. The normalized spacial score (nSPS) is 12.3. The van der Waals surface area contributed by atoms with Crippen molar-refractivity contribution < 1.29 is 9.53 Å². The van der Waals surface area contributed by atoms with Gasteiger partial charge in [0.2, 0.25) is 0 Å². The Bertz CT molecular complexity index is 339. The van der Waals surface area contributed by atoms with Crippen LogP contribution in [0.5, 0.6) is 0 Å². The molecule has 0 rings (SSSR count). The monoisotopic (exact) mass is 430 g/mol. The molecule has 0 spiro atoms. The Morgan fingerprint density at radius 3 is 1.78 bits per heavy atom. The minimum absolute atomic E-state index is 0.113. The molecule has 0 aliphatic heterocycles. The van der Waals surface area contributed by atoms with Crippen LogP contribution < -0.4 is 0 Å². The Morgan fingerprint density at radius 1 is 0.957 bits per heavy atom. The van der Waals surface area contributed by atoms with Crippen LogP contribution in [-0.4, -0.2) is 31.0 Å². The predicted molar refractivity (Wildman–Crippen MR) is 104 cm³/mol. The number of esters is 1. The Morgan fingerprint density at radius 2 is 1.43 bits per heavy atom. The average Bonchev–Trinajstić information content (AvgIpc) is 2.55. The number of hydrogen-bond donors (Lipinski definition) is 0. The topological polar surface area (TPSA) is 26.3 Å². The van der Waals surface area contributed by atoms with Gasteiger partial charge in [0, 0.05) is 0 Å². The molecule has 0 atom stereocenters. The molecule has 0 aliphatic carbocycles. The average molecular weight is 429 g/mol. The summed E-state index contributed by atoms with van der Waals surface area (Å²) >= 11 is -2.44. The molecule has 2 nitrogen and oxygen atoms in total. The third-order valence-electron chi connectivity index (χ3n) is 4.47. The summed E-state index contributed by atoms with van der Waals surface area (Å²) in [6.45, 7) is 13.0. The standard InChI is InChI=1S/C8H11O2.3C4H9.Sn/c1-4-6-7(3)8(9)10-5-2;3*1-3-4-2;/h3-4H,1,5-6H2,2H3;3*1,3-4H2,2H3;. The van der Waals surface area contributed by atoms with Crippen molar-refractivity contribution >= 4 is 24.3 Å². The van der Waals surface area contributed by atoms with Crippen LogP contribution in [0, 0.1) is 0 Å². The SMILES string of the molecule is C=CC/C(=[CH]/[Sn]([CH2]CCC)([CH2]CCC)[CH2]CCC)C(=O)OCC. The Labute approximate surface area is 148 Å². The molecule has 0 aromatic carbocycles.